The molecule has 0 spiro atoms. The molecule has 0 aliphatic rings. The fourth-order valence-electron chi connectivity index (χ4n) is 1.94. The van der Waals surface area contributed by atoms with Crippen LogP contribution in [0.5, 0.6) is 0 Å². The maximum absolute atomic E-state index is 5.78. The number of H-pyrrole nitrogens is 1. The Balaban J connectivity index is 1.98. The molecule has 0 aliphatic heterocycles. The van der Waals surface area contributed by atoms with Crippen molar-refractivity contribution in [1.29, 1.82) is 0 Å². The summed E-state index contributed by atoms with van der Waals surface area (Å²) in [6.07, 6.45) is 5.59. The van der Waals surface area contributed by atoms with E-state index >= 15 is 0 Å². The van der Waals surface area contributed by atoms with Crippen LogP contribution in [0, 0.1) is 5.92 Å². The minimum absolute atomic E-state index is 0.502. The van der Waals surface area contributed by atoms with Gasteiger partial charge < -0.3 is 16.0 Å². The minimum Gasteiger partial charge on any atom is -0.382 e. The third-order valence-corrected chi connectivity index (χ3v) is 3.73. The van der Waals surface area contributed by atoms with Gasteiger partial charge in [-0.3, -0.25) is 0 Å². The van der Waals surface area contributed by atoms with Crippen molar-refractivity contribution < 1.29 is 0 Å². The van der Waals surface area contributed by atoms with Crippen molar-refractivity contribution in [2.24, 2.45) is 5.92 Å². The van der Waals surface area contributed by atoms with Gasteiger partial charge in [-0.15, -0.1) is 0 Å². The molecule has 2 aromatic heterocycles. The van der Waals surface area contributed by atoms with Gasteiger partial charge in [0.1, 0.15) is 11.8 Å². The summed E-state index contributed by atoms with van der Waals surface area (Å²) in [5.41, 5.74) is 8.65. The molecule has 0 amide bonds. The first-order valence-electron chi connectivity index (χ1n) is 5.98. The highest BCUT2D eigenvalue weighted by Crippen LogP contribution is 2.18. The number of nitrogens with one attached hydrogen (secondary N) is 2. The Morgan fingerprint density at radius 2 is 2.33 bits per heavy atom. The average Bonchev–Trinajstić information content (AvgIpc) is 2.75. The molecule has 0 bridgehead atoms. The van der Waals surface area contributed by atoms with Crippen molar-refractivity contribution in [2.45, 2.75) is 13.5 Å². The lowest BCUT2D eigenvalue weighted by molar-refractivity contribution is 0.560. The van der Waals surface area contributed by atoms with E-state index in [0.717, 1.165) is 29.7 Å². The molecule has 4 N–H and O–H groups in total. The van der Waals surface area contributed by atoms with Crippen molar-refractivity contribution in [3.8, 4) is 0 Å². The van der Waals surface area contributed by atoms with Crippen LogP contribution in [0.25, 0.3) is 11.0 Å². The standard InChI is InChI=1S/C12H19N5S/c1-8(6-18-2)3-14-4-9-5-15-11-10(9)16-7-17-12(11)13/h5,7-8,14-15H,3-4,6H2,1-2H3,(H2,13,16,17). The van der Waals surface area contributed by atoms with Gasteiger partial charge in [-0.1, -0.05) is 6.92 Å². The van der Waals surface area contributed by atoms with E-state index in [9.17, 15) is 0 Å². The van der Waals surface area contributed by atoms with Crippen LogP contribution < -0.4 is 11.1 Å². The van der Waals surface area contributed by atoms with Gasteiger partial charge >= 0.3 is 0 Å². The summed E-state index contributed by atoms with van der Waals surface area (Å²) in [7, 11) is 0. The van der Waals surface area contributed by atoms with Gasteiger partial charge in [0.15, 0.2) is 5.82 Å². The molecular weight excluding hydrogens is 246 g/mol. The molecule has 0 fully saturated rings. The second-order valence-corrected chi connectivity index (χ2v) is 5.40. The highest BCUT2D eigenvalue weighted by atomic mass is 32.2. The monoisotopic (exact) mass is 265 g/mol. The van der Waals surface area contributed by atoms with Crippen LogP contribution in [-0.2, 0) is 6.54 Å². The molecule has 2 aromatic rings. The van der Waals surface area contributed by atoms with Crippen molar-refractivity contribution in [2.75, 3.05) is 24.3 Å². The summed E-state index contributed by atoms with van der Waals surface area (Å²) in [6.45, 7) is 4.06. The van der Waals surface area contributed by atoms with E-state index in [1.165, 1.54) is 12.1 Å². The summed E-state index contributed by atoms with van der Waals surface area (Å²) in [5, 5.41) is 3.45. The van der Waals surface area contributed by atoms with Gasteiger partial charge in [0, 0.05) is 18.3 Å². The Morgan fingerprint density at radius 1 is 1.50 bits per heavy atom. The molecule has 0 saturated carbocycles. The molecule has 2 heterocycles. The minimum atomic E-state index is 0.502. The molecule has 18 heavy (non-hydrogen) atoms. The first-order chi connectivity index (χ1) is 8.72. The number of fused-ring (bicyclic) bond motifs is 1. The van der Waals surface area contributed by atoms with Crippen molar-refractivity contribution in [1.82, 2.24) is 20.3 Å². The fraction of sp³-hybridized carbons (Fsp3) is 0.500. The van der Waals surface area contributed by atoms with Crippen LogP contribution in [-0.4, -0.2) is 33.5 Å². The van der Waals surface area contributed by atoms with E-state index in [0.29, 0.717) is 11.7 Å². The Bertz CT molecular complexity index is 510. The smallest absolute Gasteiger partial charge is 0.151 e. The average molecular weight is 265 g/mol. The van der Waals surface area contributed by atoms with Crippen LogP contribution in [0.15, 0.2) is 12.5 Å². The van der Waals surface area contributed by atoms with Gasteiger partial charge in [-0.2, -0.15) is 11.8 Å². The third kappa shape index (κ3) is 2.94. The van der Waals surface area contributed by atoms with Crippen molar-refractivity contribution in [3.63, 3.8) is 0 Å². The molecule has 0 radical (unpaired) electrons. The topological polar surface area (TPSA) is 79.6 Å². The van der Waals surface area contributed by atoms with Crippen LogP contribution in [0.2, 0.25) is 0 Å². The lowest BCUT2D eigenvalue weighted by Crippen LogP contribution is -2.21. The largest absolute Gasteiger partial charge is 0.382 e. The SMILES string of the molecule is CSCC(C)CNCc1c[nH]c2c(N)ncnc12. The second kappa shape index (κ2) is 6.06. The van der Waals surface area contributed by atoms with E-state index in [4.69, 9.17) is 5.73 Å². The van der Waals surface area contributed by atoms with Crippen LogP contribution in [0.3, 0.4) is 0 Å². The molecular formula is C12H19N5S. The van der Waals surface area contributed by atoms with Crippen LogP contribution in [0.1, 0.15) is 12.5 Å². The third-order valence-electron chi connectivity index (χ3n) is 2.83. The summed E-state index contributed by atoms with van der Waals surface area (Å²) in [6, 6.07) is 0. The Labute approximate surface area is 111 Å². The zero-order valence-electron chi connectivity index (χ0n) is 10.7. The van der Waals surface area contributed by atoms with Crippen molar-refractivity contribution in [3.05, 3.63) is 18.1 Å². The predicted octanol–water partition coefficient (Wildman–Crippen LogP) is 1.63. The predicted molar refractivity (Wildman–Crippen MR) is 77.6 cm³/mol. The number of nitrogen functional groups attached to an aromatic ring is 1. The number of aromatic amines is 1. The van der Waals surface area contributed by atoms with Gasteiger partial charge in [-0.05, 0) is 24.5 Å². The van der Waals surface area contributed by atoms with Gasteiger partial charge in [0.05, 0.1) is 5.52 Å². The molecule has 0 aromatic carbocycles. The molecule has 5 nitrogen and oxygen atoms in total. The molecule has 1 atom stereocenters. The number of hydrogen-bond acceptors (Lipinski definition) is 5. The number of nitrogens with two attached hydrogens (primary N) is 1. The van der Waals surface area contributed by atoms with Crippen molar-refractivity contribution >= 4 is 28.6 Å². The normalized spacial score (nSPS) is 13.0. The van der Waals surface area contributed by atoms with Crippen LogP contribution >= 0.6 is 11.8 Å². The molecule has 0 aliphatic carbocycles. The first-order valence-corrected chi connectivity index (χ1v) is 7.37. The molecule has 98 valence electrons. The molecule has 2 rings (SSSR count). The second-order valence-electron chi connectivity index (χ2n) is 4.49. The number of anilines is 1. The van der Waals surface area contributed by atoms with E-state index in [1.54, 1.807) is 0 Å². The Kier molecular flexibility index (Phi) is 4.43. The molecule has 0 saturated heterocycles. The molecule has 1 unspecified atom stereocenters. The van der Waals surface area contributed by atoms with Gasteiger partial charge in [0.25, 0.3) is 0 Å². The van der Waals surface area contributed by atoms with E-state index in [1.807, 2.05) is 18.0 Å². The highest BCUT2D eigenvalue weighted by molar-refractivity contribution is 7.98. The quantitative estimate of drug-likeness (QED) is 0.740. The summed E-state index contributed by atoms with van der Waals surface area (Å²) < 4.78 is 0. The Hall–Kier alpha value is -1.27. The lowest BCUT2D eigenvalue weighted by Gasteiger charge is -2.10. The van der Waals surface area contributed by atoms with Gasteiger partial charge in [-0.25, -0.2) is 9.97 Å². The first kappa shape index (κ1) is 13.2. The zero-order valence-corrected chi connectivity index (χ0v) is 11.5. The molecule has 6 heteroatoms. The van der Waals surface area contributed by atoms with Crippen LogP contribution in [0.4, 0.5) is 5.82 Å². The maximum atomic E-state index is 5.78. The number of nitrogens with zero attached hydrogens (tertiary/aromatic N) is 2. The van der Waals surface area contributed by atoms with E-state index in [-0.39, 0.29) is 0 Å². The number of thioether (sulfide) groups is 1. The summed E-state index contributed by atoms with van der Waals surface area (Å²) in [5.74, 6) is 2.35. The summed E-state index contributed by atoms with van der Waals surface area (Å²) >= 11 is 1.88. The number of hydrogen-bond donors (Lipinski definition) is 3. The Morgan fingerprint density at radius 3 is 3.11 bits per heavy atom. The number of aromatic nitrogens is 3. The van der Waals surface area contributed by atoms with E-state index in [2.05, 4.69) is 33.4 Å². The number of rotatable bonds is 6. The highest BCUT2D eigenvalue weighted by Gasteiger charge is 2.08. The fourth-order valence-corrected chi connectivity index (χ4v) is 2.63. The van der Waals surface area contributed by atoms with E-state index < -0.39 is 0 Å². The maximum Gasteiger partial charge on any atom is 0.151 e. The zero-order chi connectivity index (χ0) is 13.0. The summed E-state index contributed by atoms with van der Waals surface area (Å²) in [4.78, 5) is 11.4. The van der Waals surface area contributed by atoms with Gasteiger partial charge in [0.2, 0.25) is 0 Å². The lowest BCUT2D eigenvalue weighted by atomic mass is 10.2.